The van der Waals surface area contributed by atoms with Crippen LogP contribution in [0.25, 0.3) is 11.0 Å². The lowest BCUT2D eigenvalue weighted by Gasteiger charge is -2.12. The standard InChI is InChI=1S/C17H17NO5/c1-10(11-6-7-11)18-15(19)9-22-16(20)13-8-12-4-2-3-5-14(12)23-17(13)21/h2-5,8,10-11H,6-7,9H2,1H3,(H,18,19)/t10-/m1/s1. The van der Waals surface area contributed by atoms with Crippen molar-refractivity contribution in [3.63, 3.8) is 0 Å². The average Bonchev–Trinajstić information content (AvgIpc) is 3.36. The molecule has 0 bridgehead atoms. The van der Waals surface area contributed by atoms with E-state index in [-0.39, 0.29) is 17.5 Å². The fourth-order valence-electron chi connectivity index (χ4n) is 2.42. The lowest BCUT2D eigenvalue weighted by molar-refractivity contribution is -0.125. The van der Waals surface area contributed by atoms with Crippen LogP contribution in [0, 0.1) is 5.92 Å². The highest BCUT2D eigenvalue weighted by Gasteiger charge is 2.29. The first kappa shape index (κ1) is 15.3. The number of nitrogens with one attached hydrogen (secondary N) is 1. The van der Waals surface area contributed by atoms with Gasteiger partial charge in [0.05, 0.1) is 0 Å². The van der Waals surface area contributed by atoms with Crippen molar-refractivity contribution in [1.29, 1.82) is 0 Å². The molecule has 1 aromatic heterocycles. The molecule has 1 heterocycles. The van der Waals surface area contributed by atoms with Gasteiger partial charge in [0.25, 0.3) is 5.91 Å². The van der Waals surface area contributed by atoms with Gasteiger partial charge in [-0.3, -0.25) is 4.79 Å². The van der Waals surface area contributed by atoms with Gasteiger partial charge in [-0.1, -0.05) is 18.2 Å². The van der Waals surface area contributed by atoms with E-state index in [0.29, 0.717) is 16.9 Å². The van der Waals surface area contributed by atoms with E-state index < -0.39 is 18.2 Å². The number of esters is 1. The lowest BCUT2D eigenvalue weighted by atomic mass is 10.2. The third-order valence-electron chi connectivity index (χ3n) is 3.91. The number of rotatable bonds is 5. The predicted molar refractivity (Wildman–Crippen MR) is 83.1 cm³/mol. The van der Waals surface area contributed by atoms with Crippen LogP contribution in [0.5, 0.6) is 0 Å². The first-order valence-corrected chi connectivity index (χ1v) is 7.54. The van der Waals surface area contributed by atoms with Gasteiger partial charge in [-0.05, 0) is 37.8 Å². The molecule has 1 saturated carbocycles. The average molecular weight is 315 g/mol. The van der Waals surface area contributed by atoms with Crippen molar-refractivity contribution in [3.05, 3.63) is 46.3 Å². The van der Waals surface area contributed by atoms with Gasteiger partial charge in [0.2, 0.25) is 0 Å². The molecule has 1 atom stereocenters. The first-order valence-electron chi connectivity index (χ1n) is 7.54. The van der Waals surface area contributed by atoms with Crippen LogP contribution in [0.4, 0.5) is 0 Å². The van der Waals surface area contributed by atoms with Crippen molar-refractivity contribution in [2.24, 2.45) is 5.92 Å². The summed E-state index contributed by atoms with van der Waals surface area (Å²) in [6.45, 7) is 1.51. The predicted octanol–water partition coefficient (Wildman–Crippen LogP) is 1.86. The number of amides is 1. The summed E-state index contributed by atoms with van der Waals surface area (Å²) in [6.07, 6.45) is 2.22. The molecule has 1 aromatic carbocycles. The minimum absolute atomic E-state index is 0.0759. The summed E-state index contributed by atoms with van der Waals surface area (Å²) in [5.41, 5.74) is -0.600. The van der Waals surface area contributed by atoms with E-state index in [0.717, 1.165) is 12.8 Å². The number of hydrogen-bond donors (Lipinski definition) is 1. The van der Waals surface area contributed by atoms with Crippen molar-refractivity contribution in [2.45, 2.75) is 25.8 Å². The Kier molecular flexibility index (Phi) is 4.14. The second-order valence-electron chi connectivity index (χ2n) is 5.76. The molecule has 23 heavy (non-hydrogen) atoms. The minimum Gasteiger partial charge on any atom is -0.452 e. The van der Waals surface area contributed by atoms with Crippen molar-refractivity contribution in [1.82, 2.24) is 5.32 Å². The second kappa shape index (κ2) is 6.24. The van der Waals surface area contributed by atoms with Crippen LogP contribution in [-0.4, -0.2) is 24.5 Å². The van der Waals surface area contributed by atoms with Gasteiger partial charge in [-0.2, -0.15) is 0 Å². The third kappa shape index (κ3) is 3.59. The molecule has 3 rings (SSSR count). The molecule has 2 aromatic rings. The number of carbonyl (C=O) groups excluding carboxylic acids is 2. The Balaban J connectivity index is 1.64. The fraction of sp³-hybridized carbons (Fsp3) is 0.353. The zero-order valence-corrected chi connectivity index (χ0v) is 12.7. The maximum Gasteiger partial charge on any atom is 0.351 e. The normalized spacial score (nSPS) is 15.2. The molecule has 6 nitrogen and oxygen atoms in total. The van der Waals surface area contributed by atoms with Crippen LogP contribution >= 0.6 is 0 Å². The van der Waals surface area contributed by atoms with Gasteiger partial charge in [-0.25, -0.2) is 9.59 Å². The molecule has 6 heteroatoms. The van der Waals surface area contributed by atoms with Gasteiger partial charge < -0.3 is 14.5 Å². The van der Waals surface area contributed by atoms with Crippen LogP contribution in [0.15, 0.2) is 39.5 Å². The molecule has 0 unspecified atom stereocenters. The van der Waals surface area contributed by atoms with E-state index in [1.54, 1.807) is 24.3 Å². The summed E-state index contributed by atoms with van der Waals surface area (Å²) in [5.74, 6) is -0.719. The van der Waals surface area contributed by atoms with E-state index in [2.05, 4.69) is 5.32 Å². The molecule has 120 valence electrons. The monoisotopic (exact) mass is 315 g/mol. The summed E-state index contributed by atoms with van der Waals surface area (Å²) >= 11 is 0. The van der Waals surface area contributed by atoms with E-state index in [1.807, 2.05) is 6.92 Å². The summed E-state index contributed by atoms with van der Waals surface area (Å²) in [5, 5.41) is 3.39. The number of benzene rings is 1. The maximum atomic E-state index is 12.0. The molecule has 0 radical (unpaired) electrons. The Morgan fingerprint density at radius 2 is 2.09 bits per heavy atom. The van der Waals surface area contributed by atoms with Crippen LogP contribution in [-0.2, 0) is 9.53 Å². The maximum absolute atomic E-state index is 12.0. The van der Waals surface area contributed by atoms with Gasteiger partial charge in [0, 0.05) is 11.4 Å². The van der Waals surface area contributed by atoms with Crippen LogP contribution in [0.3, 0.4) is 0 Å². The molecule has 1 N–H and O–H groups in total. The number of carbonyl (C=O) groups is 2. The quantitative estimate of drug-likeness (QED) is 0.672. The second-order valence-corrected chi connectivity index (χ2v) is 5.76. The molecule has 0 saturated heterocycles. The van der Waals surface area contributed by atoms with E-state index in [1.165, 1.54) is 6.07 Å². The van der Waals surface area contributed by atoms with Crippen LogP contribution in [0.1, 0.15) is 30.1 Å². The smallest absolute Gasteiger partial charge is 0.351 e. The van der Waals surface area contributed by atoms with Gasteiger partial charge >= 0.3 is 11.6 Å². The number of fused-ring (bicyclic) bond motifs is 1. The van der Waals surface area contributed by atoms with Gasteiger partial charge in [0.1, 0.15) is 11.1 Å². The molecule has 1 amide bonds. The summed E-state index contributed by atoms with van der Waals surface area (Å²) in [7, 11) is 0. The Morgan fingerprint density at radius 3 is 2.83 bits per heavy atom. The molecule has 1 aliphatic rings. The number of ether oxygens (including phenoxy) is 1. The zero-order chi connectivity index (χ0) is 16.4. The minimum atomic E-state index is -0.862. The van der Waals surface area contributed by atoms with Crippen molar-refractivity contribution < 1.29 is 18.7 Å². The van der Waals surface area contributed by atoms with Crippen molar-refractivity contribution >= 4 is 22.8 Å². The zero-order valence-electron chi connectivity index (χ0n) is 12.7. The molecule has 1 aliphatic carbocycles. The lowest BCUT2D eigenvalue weighted by Crippen LogP contribution is -2.37. The highest BCUT2D eigenvalue weighted by molar-refractivity contribution is 5.94. The molecule has 0 spiro atoms. The largest absolute Gasteiger partial charge is 0.452 e. The molecule has 0 aliphatic heterocycles. The highest BCUT2D eigenvalue weighted by atomic mass is 16.5. The SMILES string of the molecule is C[C@@H](NC(=O)COC(=O)c1cc2ccccc2oc1=O)C1CC1. The Bertz CT molecular complexity index is 806. The van der Waals surface area contributed by atoms with Crippen molar-refractivity contribution in [2.75, 3.05) is 6.61 Å². The van der Waals surface area contributed by atoms with Crippen molar-refractivity contribution in [3.8, 4) is 0 Å². The first-order chi connectivity index (χ1) is 11.0. The number of hydrogen-bond acceptors (Lipinski definition) is 5. The Morgan fingerprint density at radius 1 is 1.35 bits per heavy atom. The molecule has 1 fully saturated rings. The van der Waals surface area contributed by atoms with E-state index >= 15 is 0 Å². The van der Waals surface area contributed by atoms with Gasteiger partial charge in [0.15, 0.2) is 6.61 Å². The highest BCUT2D eigenvalue weighted by Crippen LogP contribution is 2.32. The summed E-state index contributed by atoms with van der Waals surface area (Å²) < 4.78 is 9.98. The topological polar surface area (TPSA) is 85.6 Å². The molecular formula is C17H17NO5. The van der Waals surface area contributed by atoms with Crippen LogP contribution in [0.2, 0.25) is 0 Å². The van der Waals surface area contributed by atoms with E-state index in [9.17, 15) is 14.4 Å². The summed E-state index contributed by atoms with van der Waals surface area (Å²) in [4.78, 5) is 35.5. The fourth-order valence-corrected chi connectivity index (χ4v) is 2.42. The van der Waals surface area contributed by atoms with Crippen LogP contribution < -0.4 is 10.9 Å². The third-order valence-corrected chi connectivity index (χ3v) is 3.91. The summed E-state index contributed by atoms with van der Waals surface area (Å²) in [6, 6.07) is 8.34. The van der Waals surface area contributed by atoms with E-state index in [4.69, 9.17) is 9.15 Å². The van der Waals surface area contributed by atoms with Gasteiger partial charge in [-0.15, -0.1) is 0 Å². The Labute approximate surface area is 132 Å². The molecular weight excluding hydrogens is 298 g/mol. The Hall–Kier alpha value is -2.63. The number of para-hydroxylation sites is 1.